The fourth-order valence-corrected chi connectivity index (χ4v) is 2.68. The van der Waals surface area contributed by atoms with Crippen LogP contribution in [0.4, 0.5) is 11.5 Å². The minimum Gasteiger partial charge on any atom is -0.497 e. The van der Waals surface area contributed by atoms with Gasteiger partial charge < -0.3 is 15.4 Å². The lowest BCUT2D eigenvalue weighted by Gasteiger charge is -2.09. The van der Waals surface area contributed by atoms with Crippen LogP contribution in [0.25, 0.3) is 0 Å². The van der Waals surface area contributed by atoms with E-state index in [1.807, 2.05) is 30.3 Å². The molecule has 2 aromatic carbocycles. The summed E-state index contributed by atoms with van der Waals surface area (Å²) < 4.78 is 5.14. The highest BCUT2D eigenvalue weighted by Gasteiger charge is 2.08. The fourth-order valence-electron chi connectivity index (χ4n) is 2.68. The summed E-state index contributed by atoms with van der Waals surface area (Å²) in [5.74, 6) is 1.18. The second kappa shape index (κ2) is 8.99. The van der Waals surface area contributed by atoms with E-state index in [-0.39, 0.29) is 5.91 Å². The fraction of sp³-hybridized carbons (Fsp3) is 0.227. The lowest BCUT2D eigenvalue weighted by atomic mass is 10.1. The number of nitrogens with one attached hydrogen (secondary N) is 2. The Morgan fingerprint density at radius 1 is 1.00 bits per heavy atom. The van der Waals surface area contributed by atoms with E-state index in [1.54, 1.807) is 13.3 Å². The number of amides is 1. The van der Waals surface area contributed by atoms with Gasteiger partial charge in [-0.05, 0) is 61.2 Å². The molecule has 1 heterocycles. The molecule has 1 aromatic heterocycles. The number of rotatable bonds is 7. The van der Waals surface area contributed by atoms with Crippen molar-refractivity contribution < 1.29 is 9.53 Å². The van der Waals surface area contributed by atoms with Crippen molar-refractivity contribution in [3.05, 3.63) is 77.2 Å². The number of hydrogen-bond acceptors (Lipinski definition) is 5. The van der Waals surface area contributed by atoms with E-state index in [4.69, 9.17) is 4.74 Å². The maximum absolute atomic E-state index is 12.2. The van der Waals surface area contributed by atoms with Crippen LogP contribution in [0.1, 0.15) is 27.2 Å². The van der Waals surface area contributed by atoms with Crippen LogP contribution in [-0.2, 0) is 6.42 Å². The number of carbonyl (C=O) groups is 1. The van der Waals surface area contributed by atoms with Crippen molar-refractivity contribution >= 4 is 17.4 Å². The zero-order chi connectivity index (χ0) is 19.9. The van der Waals surface area contributed by atoms with Crippen molar-refractivity contribution in [3.8, 4) is 5.75 Å². The number of aryl methyl sites for hydroxylation is 2. The van der Waals surface area contributed by atoms with E-state index in [0.717, 1.165) is 23.4 Å². The molecule has 144 valence electrons. The third kappa shape index (κ3) is 5.07. The molecule has 1 amide bonds. The van der Waals surface area contributed by atoms with Crippen molar-refractivity contribution in [2.75, 3.05) is 19.0 Å². The largest absolute Gasteiger partial charge is 0.497 e. The molecule has 0 saturated heterocycles. The van der Waals surface area contributed by atoms with E-state index >= 15 is 0 Å². The molecule has 0 saturated carbocycles. The number of hydrogen-bond donors (Lipinski definition) is 2. The molecular weight excluding hydrogens is 352 g/mol. The van der Waals surface area contributed by atoms with Gasteiger partial charge in [0.2, 0.25) is 0 Å². The average molecular weight is 376 g/mol. The summed E-state index contributed by atoms with van der Waals surface area (Å²) >= 11 is 0. The van der Waals surface area contributed by atoms with E-state index < -0.39 is 0 Å². The van der Waals surface area contributed by atoms with E-state index in [9.17, 15) is 4.79 Å². The summed E-state index contributed by atoms with van der Waals surface area (Å²) in [6.45, 7) is 4.65. The van der Waals surface area contributed by atoms with Crippen molar-refractivity contribution in [1.29, 1.82) is 0 Å². The Balaban J connectivity index is 1.52. The van der Waals surface area contributed by atoms with E-state index in [0.29, 0.717) is 18.1 Å². The zero-order valence-corrected chi connectivity index (χ0v) is 16.3. The average Bonchev–Trinajstić information content (AvgIpc) is 2.72. The van der Waals surface area contributed by atoms with Gasteiger partial charge in [-0.25, -0.2) is 9.97 Å². The predicted molar refractivity (Wildman–Crippen MR) is 110 cm³/mol. The number of ether oxygens (including phenoxy) is 1. The predicted octanol–water partition coefficient (Wildman–Crippen LogP) is 3.82. The van der Waals surface area contributed by atoms with Crippen molar-refractivity contribution in [3.63, 3.8) is 0 Å². The highest BCUT2D eigenvalue weighted by Crippen LogP contribution is 2.17. The minimum atomic E-state index is -0.237. The highest BCUT2D eigenvalue weighted by molar-refractivity contribution is 5.92. The molecule has 3 aromatic rings. The number of methoxy groups -OCH3 is 1. The molecule has 0 fully saturated rings. The molecule has 0 aliphatic rings. The van der Waals surface area contributed by atoms with Gasteiger partial charge in [0.1, 0.15) is 17.3 Å². The van der Waals surface area contributed by atoms with Gasteiger partial charge in [0.05, 0.1) is 19.5 Å². The van der Waals surface area contributed by atoms with Gasteiger partial charge in [0.15, 0.2) is 0 Å². The van der Waals surface area contributed by atoms with Crippen LogP contribution in [0.15, 0.2) is 54.9 Å². The number of nitrogens with zero attached hydrogens (tertiary/aromatic N) is 2. The van der Waals surface area contributed by atoms with Gasteiger partial charge in [-0.15, -0.1) is 0 Å². The Kier molecular flexibility index (Phi) is 6.22. The van der Waals surface area contributed by atoms with Crippen LogP contribution in [0.3, 0.4) is 0 Å². The Morgan fingerprint density at radius 3 is 2.43 bits per heavy atom. The highest BCUT2D eigenvalue weighted by atomic mass is 16.5. The molecule has 6 nitrogen and oxygen atoms in total. The van der Waals surface area contributed by atoms with Crippen LogP contribution in [-0.4, -0.2) is 29.5 Å². The minimum absolute atomic E-state index is 0.237. The Hall–Kier alpha value is -3.41. The van der Waals surface area contributed by atoms with Gasteiger partial charge in [-0.2, -0.15) is 0 Å². The summed E-state index contributed by atoms with van der Waals surface area (Å²) in [5.41, 5.74) is 4.79. The van der Waals surface area contributed by atoms with Crippen molar-refractivity contribution in [2.24, 2.45) is 0 Å². The quantitative estimate of drug-likeness (QED) is 0.656. The summed E-state index contributed by atoms with van der Waals surface area (Å²) in [4.78, 5) is 20.7. The summed E-state index contributed by atoms with van der Waals surface area (Å²) in [5, 5.41) is 6.06. The van der Waals surface area contributed by atoms with E-state index in [1.165, 1.54) is 17.3 Å². The first-order chi connectivity index (χ1) is 13.5. The number of aromatic nitrogens is 2. The number of carbonyl (C=O) groups excluding carboxylic acids is 1. The number of benzene rings is 2. The standard InChI is InChI=1S/C22H24N4O2/c1-15-4-7-18(12-16(15)2)26-21-14-24-20(13-25-21)22(27)23-11-10-17-5-8-19(28-3)9-6-17/h4-9,12-14H,10-11H2,1-3H3,(H,23,27)(H,25,26). The van der Waals surface area contributed by atoms with Gasteiger partial charge in [-0.3, -0.25) is 4.79 Å². The van der Waals surface area contributed by atoms with Crippen LogP contribution >= 0.6 is 0 Å². The molecule has 3 rings (SSSR count). The van der Waals surface area contributed by atoms with E-state index in [2.05, 4.69) is 46.6 Å². The molecule has 0 aliphatic heterocycles. The second-order valence-electron chi connectivity index (χ2n) is 6.56. The molecule has 0 atom stereocenters. The topological polar surface area (TPSA) is 76.1 Å². The van der Waals surface area contributed by atoms with Crippen LogP contribution in [0, 0.1) is 13.8 Å². The molecule has 6 heteroatoms. The van der Waals surface area contributed by atoms with Crippen LogP contribution < -0.4 is 15.4 Å². The summed E-state index contributed by atoms with van der Waals surface area (Å²) in [6.07, 6.45) is 3.77. The molecule has 0 bridgehead atoms. The van der Waals surface area contributed by atoms with Gasteiger partial charge in [0.25, 0.3) is 5.91 Å². The first-order valence-electron chi connectivity index (χ1n) is 9.12. The lowest BCUT2D eigenvalue weighted by molar-refractivity contribution is 0.0949. The molecule has 0 radical (unpaired) electrons. The second-order valence-corrected chi connectivity index (χ2v) is 6.56. The third-order valence-electron chi connectivity index (χ3n) is 4.52. The SMILES string of the molecule is COc1ccc(CCNC(=O)c2cnc(Nc3ccc(C)c(C)c3)cn2)cc1. The normalized spacial score (nSPS) is 10.4. The summed E-state index contributed by atoms with van der Waals surface area (Å²) in [6, 6.07) is 13.9. The number of anilines is 2. The first-order valence-corrected chi connectivity index (χ1v) is 9.12. The van der Waals surface area contributed by atoms with Gasteiger partial charge in [0, 0.05) is 12.2 Å². The Morgan fingerprint density at radius 2 is 1.79 bits per heavy atom. The maximum Gasteiger partial charge on any atom is 0.271 e. The molecule has 0 spiro atoms. The van der Waals surface area contributed by atoms with Gasteiger partial charge in [-0.1, -0.05) is 18.2 Å². The molecule has 2 N–H and O–H groups in total. The Labute approximate surface area is 165 Å². The lowest BCUT2D eigenvalue weighted by Crippen LogP contribution is -2.26. The summed E-state index contributed by atoms with van der Waals surface area (Å²) in [7, 11) is 1.64. The van der Waals surface area contributed by atoms with Gasteiger partial charge >= 0.3 is 0 Å². The maximum atomic E-state index is 12.2. The molecular formula is C22H24N4O2. The third-order valence-corrected chi connectivity index (χ3v) is 4.52. The van der Waals surface area contributed by atoms with Crippen LogP contribution in [0.5, 0.6) is 5.75 Å². The molecule has 0 unspecified atom stereocenters. The zero-order valence-electron chi connectivity index (χ0n) is 16.3. The smallest absolute Gasteiger partial charge is 0.271 e. The van der Waals surface area contributed by atoms with Crippen molar-refractivity contribution in [2.45, 2.75) is 20.3 Å². The van der Waals surface area contributed by atoms with Crippen molar-refractivity contribution in [1.82, 2.24) is 15.3 Å². The van der Waals surface area contributed by atoms with Crippen LogP contribution in [0.2, 0.25) is 0 Å². The Bertz CT molecular complexity index is 938. The molecule has 28 heavy (non-hydrogen) atoms. The monoisotopic (exact) mass is 376 g/mol. The first kappa shape index (κ1) is 19.4. The molecule has 0 aliphatic carbocycles.